The van der Waals surface area contributed by atoms with E-state index in [1.165, 1.54) is 4.57 Å². The molecule has 2 heterocycles. The lowest BCUT2D eigenvalue weighted by molar-refractivity contribution is -0.118. The molecule has 2 N–H and O–H groups in total. The van der Waals surface area contributed by atoms with Gasteiger partial charge in [-0.25, -0.2) is 4.98 Å². The van der Waals surface area contributed by atoms with Gasteiger partial charge in [-0.1, -0.05) is 12.1 Å². The van der Waals surface area contributed by atoms with Gasteiger partial charge in [0.15, 0.2) is 0 Å². The lowest BCUT2D eigenvalue weighted by Gasteiger charge is -2.35. The molecule has 0 bridgehead atoms. The average Bonchev–Trinajstić information content (AvgIpc) is 2.50. The maximum atomic E-state index is 12.7. The molecule has 24 heavy (non-hydrogen) atoms. The second-order valence-electron chi connectivity index (χ2n) is 6.35. The Kier molecular flexibility index (Phi) is 4.64. The van der Waals surface area contributed by atoms with Crippen molar-refractivity contribution in [2.24, 2.45) is 5.73 Å². The number of amides is 1. The number of ether oxygens (including phenoxy) is 1. The number of aromatic nitrogens is 2. The molecule has 2 atom stereocenters. The van der Waals surface area contributed by atoms with Crippen molar-refractivity contribution in [3.05, 3.63) is 40.4 Å². The Morgan fingerprint density at radius 3 is 2.62 bits per heavy atom. The van der Waals surface area contributed by atoms with E-state index in [9.17, 15) is 9.59 Å². The number of hydrogen-bond donors (Lipinski definition) is 1. The van der Waals surface area contributed by atoms with Crippen LogP contribution in [-0.4, -0.2) is 45.7 Å². The van der Waals surface area contributed by atoms with Crippen LogP contribution in [-0.2, 0) is 22.6 Å². The maximum Gasteiger partial charge on any atom is 0.261 e. The van der Waals surface area contributed by atoms with Gasteiger partial charge in [0.2, 0.25) is 5.91 Å². The summed E-state index contributed by atoms with van der Waals surface area (Å²) in [4.78, 5) is 30.9. The second-order valence-corrected chi connectivity index (χ2v) is 6.35. The summed E-state index contributed by atoms with van der Waals surface area (Å²) >= 11 is 0. The minimum Gasteiger partial charge on any atom is -0.373 e. The zero-order valence-electron chi connectivity index (χ0n) is 13.9. The number of benzene rings is 1. The van der Waals surface area contributed by atoms with E-state index in [4.69, 9.17) is 10.5 Å². The molecular weight excluding hydrogens is 308 g/mol. The van der Waals surface area contributed by atoms with E-state index in [0.717, 1.165) is 13.1 Å². The Morgan fingerprint density at radius 2 is 1.96 bits per heavy atom. The van der Waals surface area contributed by atoms with E-state index >= 15 is 0 Å². The SMILES string of the molecule is C[C@@H]1CN(Cc2nc3ccccc3c(=O)n2CC(N)=O)C[C@@H](C)O1. The number of morpholine rings is 1. The summed E-state index contributed by atoms with van der Waals surface area (Å²) in [5, 5.41) is 0.492. The summed E-state index contributed by atoms with van der Waals surface area (Å²) in [7, 11) is 0. The first-order valence-corrected chi connectivity index (χ1v) is 8.08. The van der Waals surface area contributed by atoms with Crippen LogP contribution in [0.3, 0.4) is 0 Å². The Bertz CT molecular complexity index is 807. The van der Waals surface area contributed by atoms with Crippen molar-refractivity contribution in [2.45, 2.75) is 39.1 Å². The third-order valence-corrected chi connectivity index (χ3v) is 4.11. The Balaban J connectivity index is 2.01. The molecule has 0 radical (unpaired) electrons. The number of primary amides is 1. The molecule has 0 saturated carbocycles. The third-order valence-electron chi connectivity index (χ3n) is 4.11. The van der Waals surface area contributed by atoms with Gasteiger partial charge in [-0.2, -0.15) is 0 Å². The minimum atomic E-state index is -0.556. The lowest BCUT2D eigenvalue weighted by Crippen LogP contribution is -2.46. The predicted octanol–water partition coefficient (Wildman–Crippen LogP) is 0.491. The molecule has 1 amide bonds. The van der Waals surface area contributed by atoms with Crippen molar-refractivity contribution in [1.82, 2.24) is 14.5 Å². The quantitative estimate of drug-likeness (QED) is 0.881. The third kappa shape index (κ3) is 3.47. The van der Waals surface area contributed by atoms with Gasteiger partial charge in [-0.05, 0) is 26.0 Å². The Hall–Kier alpha value is -2.25. The molecule has 3 rings (SSSR count). The molecular formula is C17H22N4O3. The van der Waals surface area contributed by atoms with Crippen molar-refractivity contribution < 1.29 is 9.53 Å². The first kappa shape index (κ1) is 16.6. The molecule has 1 aromatic carbocycles. The lowest BCUT2D eigenvalue weighted by atomic mass is 10.2. The van der Waals surface area contributed by atoms with Crippen molar-refractivity contribution in [3.8, 4) is 0 Å². The molecule has 0 aliphatic carbocycles. The minimum absolute atomic E-state index is 0.116. The summed E-state index contributed by atoms with van der Waals surface area (Å²) in [5.74, 6) is -0.00190. The second kappa shape index (κ2) is 6.70. The molecule has 0 unspecified atom stereocenters. The number of nitrogens with two attached hydrogens (primary N) is 1. The van der Waals surface area contributed by atoms with Crippen LogP contribution in [0, 0.1) is 0 Å². The Morgan fingerprint density at radius 1 is 1.29 bits per heavy atom. The number of rotatable bonds is 4. The van der Waals surface area contributed by atoms with Crippen molar-refractivity contribution >= 4 is 16.8 Å². The highest BCUT2D eigenvalue weighted by Crippen LogP contribution is 2.15. The van der Waals surface area contributed by atoms with E-state index in [1.54, 1.807) is 18.2 Å². The molecule has 1 aromatic heterocycles. The monoisotopic (exact) mass is 330 g/mol. The first-order valence-electron chi connectivity index (χ1n) is 8.08. The van der Waals surface area contributed by atoms with Crippen LogP contribution in [0.2, 0.25) is 0 Å². The van der Waals surface area contributed by atoms with Crippen LogP contribution in [0.1, 0.15) is 19.7 Å². The fraction of sp³-hybridized carbons (Fsp3) is 0.471. The predicted molar refractivity (Wildman–Crippen MR) is 90.5 cm³/mol. The van der Waals surface area contributed by atoms with Crippen LogP contribution >= 0.6 is 0 Å². The zero-order chi connectivity index (χ0) is 17.3. The van der Waals surface area contributed by atoms with Crippen LogP contribution in [0.5, 0.6) is 0 Å². The van der Waals surface area contributed by atoms with Gasteiger partial charge < -0.3 is 10.5 Å². The van der Waals surface area contributed by atoms with Gasteiger partial charge >= 0.3 is 0 Å². The summed E-state index contributed by atoms with van der Waals surface area (Å²) in [6, 6.07) is 7.14. The molecule has 1 saturated heterocycles. The first-order chi connectivity index (χ1) is 11.4. The average molecular weight is 330 g/mol. The molecule has 1 aliphatic heterocycles. The maximum absolute atomic E-state index is 12.7. The molecule has 1 aliphatic rings. The number of carbonyl (C=O) groups excluding carboxylic acids is 1. The zero-order valence-corrected chi connectivity index (χ0v) is 13.9. The van der Waals surface area contributed by atoms with Crippen LogP contribution in [0.15, 0.2) is 29.1 Å². The highest BCUT2D eigenvalue weighted by atomic mass is 16.5. The molecule has 0 spiro atoms. The number of carbonyl (C=O) groups is 1. The summed E-state index contributed by atoms with van der Waals surface area (Å²) in [5.41, 5.74) is 5.72. The fourth-order valence-corrected chi connectivity index (χ4v) is 3.27. The fourth-order valence-electron chi connectivity index (χ4n) is 3.27. The Labute approximate surface area is 140 Å². The summed E-state index contributed by atoms with van der Waals surface area (Å²) < 4.78 is 7.12. The normalized spacial score (nSPS) is 21.9. The van der Waals surface area contributed by atoms with Gasteiger partial charge in [0, 0.05) is 13.1 Å². The number of para-hydroxylation sites is 1. The van der Waals surface area contributed by atoms with Gasteiger partial charge in [0.05, 0.1) is 29.7 Å². The van der Waals surface area contributed by atoms with Crippen molar-refractivity contribution in [2.75, 3.05) is 13.1 Å². The van der Waals surface area contributed by atoms with E-state index in [0.29, 0.717) is 23.3 Å². The standard InChI is InChI=1S/C17H22N4O3/c1-11-7-20(8-12(2)24-11)10-16-19-14-6-4-3-5-13(14)17(23)21(16)9-15(18)22/h3-6,11-12H,7-10H2,1-2H3,(H2,18,22)/t11-,12-/m1/s1. The highest BCUT2D eigenvalue weighted by molar-refractivity contribution is 5.78. The van der Waals surface area contributed by atoms with E-state index in [1.807, 2.05) is 19.9 Å². The molecule has 1 fully saturated rings. The van der Waals surface area contributed by atoms with Crippen molar-refractivity contribution in [3.63, 3.8) is 0 Å². The van der Waals surface area contributed by atoms with Gasteiger partial charge in [0.1, 0.15) is 12.4 Å². The van der Waals surface area contributed by atoms with Crippen LogP contribution in [0.4, 0.5) is 0 Å². The van der Waals surface area contributed by atoms with Gasteiger partial charge in [-0.3, -0.25) is 19.1 Å². The van der Waals surface area contributed by atoms with E-state index in [-0.39, 0.29) is 24.3 Å². The number of fused-ring (bicyclic) bond motifs is 1. The number of nitrogens with zero attached hydrogens (tertiary/aromatic N) is 3. The molecule has 7 heteroatoms. The van der Waals surface area contributed by atoms with E-state index in [2.05, 4.69) is 9.88 Å². The van der Waals surface area contributed by atoms with Gasteiger partial charge in [0.25, 0.3) is 5.56 Å². The summed E-state index contributed by atoms with van der Waals surface area (Å²) in [6.07, 6.45) is 0.232. The van der Waals surface area contributed by atoms with Gasteiger partial charge in [-0.15, -0.1) is 0 Å². The number of hydrogen-bond acceptors (Lipinski definition) is 5. The molecule has 2 aromatic rings. The largest absolute Gasteiger partial charge is 0.373 e. The van der Waals surface area contributed by atoms with Crippen LogP contribution < -0.4 is 11.3 Å². The molecule has 128 valence electrons. The smallest absolute Gasteiger partial charge is 0.261 e. The van der Waals surface area contributed by atoms with E-state index < -0.39 is 5.91 Å². The van der Waals surface area contributed by atoms with Crippen LogP contribution in [0.25, 0.3) is 10.9 Å². The summed E-state index contributed by atoms with van der Waals surface area (Å²) in [6.45, 7) is 5.86. The molecule has 7 nitrogen and oxygen atoms in total. The van der Waals surface area contributed by atoms with Crippen molar-refractivity contribution in [1.29, 1.82) is 0 Å². The topological polar surface area (TPSA) is 90.5 Å². The highest BCUT2D eigenvalue weighted by Gasteiger charge is 2.24.